The van der Waals surface area contributed by atoms with Crippen LogP contribution in [0, 0.1) is 5.92 Å². The van der Waals surface area contributed by atoms with E-state index in [-0.39, 0.29) is 0 Å². The first-order valence-electron chi connectivity index (χ1n) is 5.13. The van der Waals surface area contributed by atoms with Crippen LogP contribution in [0.4, 0.5) is 0 Å². The van der Waals surface area contributed by atoms with Crippen molar-refractivity contribution in [3.63, 3.8) is 0 Å². The second kappa shape index (κ2) is 9.01. The molecule has 0 spiro atoms. The van der Waals surface area contributed by atoms with E-state index in [0.29, 0.717) is 0 Å². The van der Waals surface area contributed by atoms with Gasteiger partial charge in [-0.05, 0) is 38.3 Å². The van der Waals surface area contributed by atoms with E-state index in [9.17, 15) is 0 Å². The number of hydrogen-bond donors (Lipinski definition) is 1. The Morgan fingerprint density at radius 1 is 1.25 bits per heavy atom. The van der Waals surface area contributed by atoms with E-state index in [1.165, 1.54) is 32.4 Å². The molecule has 0 aliphatic carbocycles. The van der Waals surface area contributed by atoms with Gasteiger partial charge in [0.25, 0.3) is 0 Å². The molecule has 1 heterocycles. The van der Waals surface area contributed by atoms with Crippen LogP contribution in [0.5, 0.6) is 0 Å². The highest BCUT2D eigenvalue weighted by atomic mass is 16.5. The third kappa shape index (κ3) is 5.56. The second-order valence-corrected chi connectivity index (χ2v) is 2.97. The van der Waals surface area contributed by atoms with Crippen LogP contribution < -0.4 is 5.32 Å². The molecule has 0 unspecified atom stereocenters. The van der Waals surface area contributed by atoms with Gasteiger partial charge in [0.1, 0.15) is 0 Å². The van der Waals surface area contributed by atoms with Crippen LogP contribution in [0.3, 0.4) is 0 Å². The van der Waals surface area contributed by atoms with E-state index in [4.69, 9.17) is 4.74 Å². The molecule has 0 bridgehead atoms. The van der Waals surface area contributed by atoms with Crippen molar-refractivity contribution in [3.05, 3.63) is 0 Å². The van der Waals surface area contributed by atoms with Gasteiger partial charge in [-0.3, -0.25) is 0 Å². The van der Waals surface area contributed by atoms with Crippen molar-refractivity contribution in [3.8, 4) is 0 Å². The van der Waals surface area contributed by atoms with Crippen LogP contribution in [-0.4, -0.2) is 26.8 Å². The predicted octanol–water partition coefficient (Wildman–Crippen LogP) is 2.05. The average molecular weight is 173 g/mol. The lowest BCUT2D eigenvalue weighted by molar-refractivity contribution is 0.168. The van der Waals surface area contributed by atoms with Crippen LogP contribution in [0.1, 0.15) is 33.1 Å². The molecule has 0 saturated carbocycles. The summed E-state index contributed by atoms with van der Waals surface area (Å²) in [6.45, 7) is 7.34. The van der Waals surface area contributed by atoms with Crippen molar-refractivity contribution in [2.45, 2.75) is 33.1 Å². The molecule has 1 rings (SSSR count). The summed E-state index contributed by atoms with van der Waals surface area (Å²) in [5.74, 6) is 0.918. The molecule has 74 valence electrons. The van der Waals surface area contributed by atoms with Gasteiger partial charge in [0, 0.05) is 13.7 Å². The summed E-state index contributed by atoms with van der Waals surface area (Å²) in [4.78, 5) is 0. The number of hydrogen-bond acceptors (Lipinski definition) is 2. The molecule has 1 aliphatic rings. The molecular weight excluding hydrogens is 150 g/mol. The first-order valence-corrected chi connectivity index (χ1v) is 5.13. The Hall–Kier alpha value is -0.0800. The molecule has 1 fully saturated rings. The third-order valence-electron chi connectivity index (χ3n) is 2.19. The fourth-order valence-corrected chi connectivity index (χ4v) is 1.45. The molecule has 0 atom stereocenters. The van der Waals surface area contributed by atoms with E-state index in [1.807, 2.05) is 13.8 Å². The molecule has 2 nitrogen and oxygen atoms in total. The fourth-order valence-electron chi connectivity index (χ4n) is 1.45. The zero-order valence-corrected chi connectivity index (χ0v) is 8.73. The van der Waals surface area contributed by atoms with Crippen LogP contribution >= 0.6 is 0 Å². The summed E-state index contributed by atoms with van der Waals surface area (Å²) in [5, 5.41) is 3.35. The third-order valence-corrected chi connectivity index (χ3v) is 2.19. The molecular formula is C10H23NO. The summed E-state index contributed by atoms with van der Waals surface area (Å²) in [6.07, 6.45) is 3.92. The van der Waals surface area contributed by atoms with Gasteiger partial charge in [0.05, 0.1) is 0 Å². The number of ether oxygens (including phenoxy) is 1. The standard InChI is InChI=1S/C8H17NO.C2H6/c1-10-7-4-8-2-5-9-6-3-8;1-2/h8-9H,2-7H2,1H3;1-2H3. The maximum atomic E-state index is 5.02. The molecule has 12 heavy (non-hydrogen) atoms. The van der Waals surface area contributed by atoms with Gasteiger partial charge >= 0.3 is 0 Å². The fraction of sp³-hybridized carbons (Fsp3) is 1.00. The molecule has 0 amide bonds. The molecule has 0 radical (unpaired) electrons. The lowest BCUT2D eigenvalue weighted by Crippen LogP contribution is -2.28. The minimum absolute atomic E-state index is 0.918. The average Bonchev–Trinajstić information content (AvgIpc) is 2.19. The van der Waals surface area contributed by atoms with Crippen molar-refractivity contribution >= 4 is 0 Å². The number of rotatable bonds is 3. The largest absolute Gasteiger partial charge is 0.385 e. The molecule has 0 aromatic heterocycles. The van der Waals surface area contributed by atoms with Crippen molar-refractivity contribution < 1.29 is 4.74 Å². The van der Waals surface area contributed by atoms with E-state index >= 15 is 0 Å². The van der Waals surface area contributed by atoms with Gasteiger partial charge < -0.3 is 10.1 Å². The maximum Gasteiger partial charge on any atom is 0.0464 e. The Balaban J connectivity index is 0.000000561. The van der Waals surface area contributed by atoms with Crippen LogP contribution in [-0.2, 0) is 4.74 Å². The zero-order chi connectivity index (χ0) is 9.23. The molecule has 1 saturated heterocycles. The Kier molecular flexibility index (Phi) is 8.95. The second-order valence-electron chi connectivity index (χ2n) is 2.97. The lowest BCUT2D eigenvalue weighted by Gasteiger charge is -2.21. The summed E-state index contributed by atoms with van der Waals surface area (Å²) in [7, 11) is 1.78. The van der Waals surface area contributed by atoms with Crippen LogP contribution in [0.15, 0.2) is 0 Å². The van der Waals surface area contributed by atoms with E-state index < -0.39 is 0 Å². The van der Waals surface area contributed by atoms with Crippen LogP contribution in [0.25, 0.3) is 0 Å². The van der Waals surface area contributed by atoms with Crippen molar-refractivity contribution in [2.75, 3.05) is 26.8 Å². The number of piperidine rings is 1. The smallest absolute Gasteiger partial charge is 0.0464 e. The van der Waals surface area contributed by atoms with Crippen molar-refractivity contribution in [1.82, 2.24) is 5.32 Å². The maximum absolute atomic E-state index is 5.02. The van der Waals surface area contributed by atoms with Gasteiger partial charge in [-0.15, -0.1) is 0 Å². The van der Waals surface area contributed by atoms with Crippen LogP contribution in [0.2, 0.25) is 0 Å². The molecule has 2 heteroatoms. The quantitative estimate of drug-likeness (QED) is 0.705. The van der Waals surface area contributed by atoms with Crippen molar-refractivity contribution in [2.24, 2.45) is 5.92 Å². The van der Waals surface area contributed by atoms with Gasteiger partial charge in [-0.1, -0.05) is 13.8 Å². The van der Waals surface area contributed by atoms with E-state index in [0.717, 1.165) is 12.5 Å². The summed E-state index contributed by atoms with van der Waals surface area (Å²) in [5.41, 5.74) is 0. The summed E-state index contributed by atoms with van der Waals surface area (Å²) in [6, 6.07) is 0. The predicted molar refractivity (Wildman–Crippen MR) is 53.4 cm³/mol. The van der Waals surface area contributed by atoms with Crippen molar-refractivity contribution in [1.29, 1.82) is 0 Å². The Morgan fingerprint density at radius 3 is 2.33 bits per heavy atom. The SMILES string of the molecule is CC.COCCC1CCNCC1. The van der Waals surface area contributed by atoms with Gasteiger partial charge in [0.2, 0.25) is 0 Å². The summed E-state index contributed by atoms with van der Waals surface area (Å²) >= 11 is 0. The minimum atomic E-state index is 0.918. The highest BCUT2D eigenvalue weighted by Crippen LogP contribution is 2.14. The zero-order valence-electron chi connectivity index (χ0n) is 8.73. The van der Waals surface area contributed by atoms with Gasteiger partial charge in [-0.25, -0.2) is 0 Å². The highest BCUT2D eigenvalue weighted by molar-refractivity contribution is 4.67. The normalized spacial score (nSPS) is 18.2. The molecule has 0 aromatic carbocycles. The summed E-state index contributed by atoms with van der Waals surface area (Å²) < 4.78 is 5.02. The first-order chi connectivity index (χ1) is 5.93. The first kappa shape index (κ1) is 11.9. The topological polar surface area (TPSA) is 21.3 Å². The Bertz CT molecular complexity index is 79.9. The van der Waals surface area contributed by atoms with E-state index in [2.05, 4.69) is 5.32 Å². The Morgan fingerprint density at radius 2 is 1.83 bits per heavy atom. The number of methoxy groups -OCH3 is 1. The monoisotopic (exact) mass is 173 g/mol. The van der Waals surface area contributed by atoms with Gasteiger partial charge in [0.15, 0.2) is 0 Å². The minimum Gasteiger partial charge on any atom is -0.385 e. The molecule has 1 N–H and O–H groups in total. The highest BCUT2D eigenvalue weighted by Gasteiger charge is 2.11. The lowest BCUT2D eigenvalue weighted by atomic mass is 9.95. The number of nitrogens with one attached hydrogen (secondary N) is 1. The molecule has 1 aliphatic heterocycles. The Labute approximate surface area is 76.7 Å². The van der Waals surface area contributed by atoms with E-state index in [1.54, 1.807) is 7.11 Å². The van der Waals surface area contributed by atoms with Gasteiger partial charge in [-0.2, -0.15) is 0 Å². The molecule has 0 aromatic rings.